The van der Waals surface area contributed by atoms with E-state index in [2.05, 4.69) is 46.6 Å². The van der Waals surface area contributed by atoms with Crippen molar-refractivity contribution in [1.29, 1.82) is 0 Å². The van der Waals surface area contributed by atoms with Crippen LogP contribution >= 0.6 is 11.8 Å². The van der Waals surface area contributed by atoms with E-state index >= 15 is 0 Å². The summed E-state index contributed by atoms with van der Waals surface area (Å²) in [5, 5.41) is 9.52. The Balaban J connectivity index is 1.15. The van der Waals surface area contributed by atoms with Crippen molar-refractivity contribution >= 4 is 23.6 Å². The Bertz CT molecular complexity index is 1370. The minimum atomic E-state index is -0.277. The van der Waals surface area contributed by atoms with Gasteiger partial charge in [-0.05, 0) is 55.2 Å². The van der Waals surface area contributed by atoms with Gasteiger partial charge in [0.05, 0.1) is 24.0 Å². The molecule has 38 heavy (non-hydrogen) atoms. The van der Waals surface area contributed by atoms with Crippen LogP contribution < -0.4 is 0 Å². The van der Waals surface area contributed by atoms with Gasteiger partial charge in [-0.25, -0.2) is 0 Å². The zero-order valence-corrected chi connectivity index (χ0v) is 22.0. The highest BCUT2D eigenvalue weighted by Gasteiger charge is 2.30. The van der Waals surface area contributed by atoms with Gasteiger partial charge in [0, 0.05) is 18.7 Å². The van der Waals surface area contributed by atoms with E-state index in [0.29, 0.717) is 31.2 Å². The molecule has 1 unspecified atom stereocenters. The Hall–Kier alpha value is -3.91. The maximum Gasteiger partial charge on any atom is 0.310 e. The monoisotopic (exact) mass is 527 g/mol. The lowest BCUT2D eigenvalue weighted by molar-refractivity contribution is -0.149. The first-order valence-electron chi connectivity index (χ1n) is 12.8. The third kappa shape index (κ3) is 6.14. The number of carbonyl (C=O) groups excluding carboxylic acids is 2. The molecule has 8 heteroatoms. The number of carbonyl (C=O) groups is 2. The standard InChI is InChI=1S/C30H29N3O4S/c1-2-36-30(35)24-9-6-18-33(19-24)29(34)27-16-14-25(37-27)20-38-28-17-15-26(31-32-28)23-12-10-22(11-13-23)21-7-4-3-5-8-21/h3-5,7-8,10-17,24H,2,6,9,18-20H2,1H3. The number of hydrogen-bond acceptors (Lipinski definition) is 7. The summed E-state index contributed by atoms with van der Waals surface area (Å²) in [5.41, 5.74) is 4.15. The first-order chi connectivity index (χ1) is 18.6. The first kappa shape index (κ1) is 25.7. The molecule has 1 aliphatic heterocycles. The molecule has 5 rings (SSSR count). The summed E-state index contributed by atoms with van der Waals surface area (Å²) < 4.78 is 11.0. The fraction of sp³-hybridized carbons (Fsp3) is 0.267. The summed E-state index contributed by atoms with van der Waals surface area (Å²) in [5.74, 6) is 0.778. The molecule has 4 aromatic rings. The molecule has 1 fully saturated rings. The molecular formula is C30H29N3O4S. The molecule has 0 saturated carbocycles. The number of amides is 1. The van der Waals surface area contributed by atoms with Crippen LogP contribution in [0.4, 0.5) is 0 Å². The van der Waals surface area contributed by atoms with Crippen LogP contribution in [0.3, 0.4) is 0 Å². The van der Waals surface area contributed by atoms with E-state index < -0.39 is 0 Å². The number of esters is 1. The summed E-state index contributed by atoms with van der Waals surface area (Å²) in [7, 11) is 0. The Morgan fingerprint density at radius 1 is 0.947 bits per heavy atom. The molecule has 194 valence electrons. The molecule has 0 radical (unpaired) electrons. The van der Waals surface area contributed by atoms with Crippen molar-refractivity contribution in [2.75, 3.05) is 19.7 Å². The third-order valence-electron chi connectivity index (χ3n) is 6.49. The summed E-state index contributed by atoms with van der Waals surface area (Å²) in [6.07, 6.45) is 1.51. The van der Waals surface area contributed by atoms with Gasteiger partial charge in [-0.1, -0.05) is 66.4 Å². The average Bonchev–Trinajstić information content (AvgIpc) is 3.46. The lowest BCUT2D eigenvalue weighted by Crippen LogP contribution is -2.42. The minimum absolute atomic E-state index is 0.197. The highest BCUT2D eigenvalue weighted by atomic mass is 32.2. The molecule has 1 amide bonds. The maximum atomic E-state index is 12.9. The molecule has 0 bridgehead atoms. The number of nitrogens with zero attached hydrogens (tertiary/aromatic N) is 3. The molecule has 1 saturated heterocycles. The first-order valence-corrected chi connectivity index (χ1v) is 13.8. The molecule has 2 aromatic carbocycles. The van der Waals surface area contributed by atoms with Crippen molar-refractivity contribution in [2.45, 2.75) is 30.5 Å². The van der Waals surface area contributed by atoms with Gasteiger partial charge >= 0.3 is 5.97 Å². The van der Waals surface area contributed by atoms with Gasteiger partial charge in [0.25, 0.3) is 5.91 Å². The number of likely N-dealkylation sites (tertiary alicyclic amines) is 1. The van der Waals surface area contributed by atoms with Crippen LogP contribution in [-0.4, -0.2) is 46.7 Å². The minimum Gasteiger partial charge on any atom is -0.466 e. The number of ether oxygens (including phenoxy) is 1. The number of piperidine rings is 1. The Labute approximate surface area is 226 Å². The van der Waals surface area contributed by atoms with Crippen molar-refractivity contribution in [2.24, 2.45) is 5.92 Å². The predicted octanol–water partition coefficient (Wildman–Crippen LogP) is 6.11. The van der Waals surface area contributed by atoms with Crippen LogP contribution in [0, 0.1) is 5.92 Å². The second kappa shape index (κ2) is 12.1. The topological polar surface area (TPSA) is 85.5 Å². The van der Waals surface area contributed by atoms with Crippen molar-refractivity contribution in [1.82, 2.24) is 15.1 Å². The molecule has 7 nitrogen and oxygen atoms in total. The summed E-state index contributed by atoms with van der Waals surface area (Å²) in [6.45, 7) is 3.10. The van der Waals surface area contributed by atoms with Crippen LogP contribution in [0.2, 0.25) is 0 Å². The number of thioether (sulfide) groups is 1. The molecule has 0 N–H and O–H groups in total. The van der Waals surface area contributed by atoms with Crippen LogP contribution in [-0.2, 0) is 15.3 Å². The number of rotatable bonds is 8. The number of benzene rings is 2. The van der Waals surface area contributed by atoms with E-state index in [1.54, 1.807) is 17.9 Å². The van der Waals surface area contributed by atoms with E-state index in [4.69, 9.17) is 9.15 Å². The fourth-order valence-corrected chi connectivity index (χ4v) is 5.21. The van der Waals surface area contributed by atoms with E-state index in [-0.39, 0.29) is 23.6 Å². The molecular weight excluding hydrogens is 498 g/mol. The largest absolute Gasteiger partial charge is 0.466 e. The van der Waals surface area contributed by atoms with Gasteiger partial charge in [0.15, 0.2) is 5.76 Å². The predicted molar refractivity (Wildman–Crippen MR) is 146 cm³/mol. The Kier molecular flexibility index (Phi) is 8.19. The molecule has 0 aliphatic carbocycles. The Morgan fingerprint density at radius 3 is 2.45 bits per heavy atom. The molecule has 1 atom stereocenters. The second-order valence-electron chi connectivity index (χ2n) is 9.10. The van der Waals surface area contributed by atoms with Crippen LogP contribution in [0.25, 0.3) is 22.4 Å². The van der Waals surface area contributed by atoms with Crippen molar-refractivity contribution in [3.63, 3.8) is 0 Å². The van der Waals surface area contributed by atoms with Gasteiger partial charge < -0.3 is 14.1 Å². The van der Waals surface area contributed by atoms with Gasteiger partial charge in [-0.2, -0.15) is 0 Å². The lowest BCUT2D eigenvalue weighted by atomic mass is 9.98. The normalized spacial score (nSPS) is 15.3. The van der Waals surface area contributed by atoms with Crippen molar-refractivity contribution < 1.29 is 18.7 Å². The van der Waals surface area contributed by atoms with Gasteiger partial charge in [0.2, 0.25) is 0 Å². The Morgan fingerprint density at radius 2 is 1.71 bits per heavy atom. The van der Waals surface area contributed by atoms with Crippen molar-refractivity contribution in [3.05, 3.63) is 90.4 Å². The summed E-state index contributed by atoms with van der Waals surface area (Å²) >= 11 is 1.49. The molecule has 1 aliphatic rings. The highest BCUT2D eigenvalue weighted by Crippen LogP contribution is 2.27. The fourth-order valence-electron chi connectivity index (χ4n) is 4.50. The zero-order chi connectivity index (χ0) is 26.3. The molecule has 0 spiro atoms. The smallest absolute Gasteiger partial charge is 0.310 e. The third-order valence-corrected chi connectivity index (χ3v) is 7.43. The molecule has 3 heterocycles. The quantitative estimate of drug-likeness (QED) is 0.202. The summed E-state index contributed by atoms with van der Waals surface area (Å²) in [6, 6.07) is 25.9. The lowest BCUT2D eigenvalue weighted by Gasteiger charge is -2.30. The van der Waals surface area contributed by atoms with E-state index in [1.165, 1.54) is 17.3 Å². The zero-order valence-electron chi connectivity index (χ0n) is 21.2. The number of aromatic nitrogens is 2. The van der Waals surface area contributed by atoms with Crippen LogP contribution in [0.1, 0.15) is 36.1 Å². The summed E-state index contributed by atoms with van der Waals surface area (Å²) in [4.78, 5) is 26.7. The van der Waals surface area contributed by atoms with Gasteiger partial charge in [0.1, 0.15) is 10.8 Å². The van der Waals surface area contributed by atoms with Gasteiger partial charge in [-0.3, -0.25) is 9.59 Å². The second-order valence-corrected chi connectivity index (χ2v) is 10.1. The van der Waals surface area contributed by atoms with Gasteiger partial charge in [-0.15, -0.1) is 10.2 Å². The van der Waals surface area contributed by atoms with Crippen molar-refractivity contribution in [3.8, 4) is 22.4 Å². The van der Waals surface area contributed by atoms with E-state index in [1.807, 2.05) is 36.4 Å². The number of hydrogen-bond donors (Lipinski definition) is 0. The highest BCUT2D eigenvalue weighted by molar-refractivity contribution is 7.98. The van der Waals surface area contributed by atoms with Crippen LogP contribution in [0.15, 0.2) is 88.3 Å². The number of furan rings is 1. The van der Waals surface area contributed by atoms with E-state index in [0.717, 1.165) is 34.7 Å². The average molecular weight is 528 g/mol. The SMILES string of the molecule is CCOC(=O)C1CCCN(C(=O)c2ccc(CSc3ccc(-c4ccc(-c5ccccc5)cc4)nn3)o2)C1. The molecule has 2 aromatic heterocycles. The maximum absolute atomic E-state index is 12.9. The van der Waals surface area contributed by atoms with E-state index in [9.17, 15) is 9.59 Å². The van der Waals surface area contributed by atoms with Crippen LogP contribution in [0.5, 0.6) is 0 Å².